The summed E-state index contributed by atoms with van der Waals surface area (Å²) in [6.07, 6.45) is 0. The minimum absolute atomic E-state index is 0.0502. The summed E-state index contributed by atoms with van der Waals surface area (Å²) < 4.78 is 5.48. The number of ketones is 1. The highest BCUT2D eigenvalue weighted by molar-refractivity contribution is 6.51. The van der Waals surface area contributed by atoms with E-state index >= 15 is 0 Å². The van der Waals surface area contributed by atoms with Gasteiger partial charge < -0.3 is 9.84 Å². The van der Waals surface area contributed by atoms with Crippen LogP contribution in [0.4, 0.5) is 11.4 Å². The van der Waals surface area contributed by atoms with Crippen LogP contribution in [0.15, 0.2) is 78.4 Å². The average Bonchev–Trinajstić information content (AvgIpc) is 3.10. The smallest absolute Gasteiger partial charge is 0.300 e. The maximum Gasteiger partial charge on any atom is 0.300 e. The van der Waals surface area contributed by atoms with E-state index in [2.05, 4.69) is 0 Å². The van der Waals surface area contributed by atoms with Crippen LogP contribution >= 0.6 is 11.6 Å². The number of hydrogen-bond donors (Lipinski definition) is 1. The van der Waals surface area contributed by atoms with E-state index in [4.69, 9.17) is 16.3 Å². The van der Waals surface area contributed by atoms with Crippen molar-refractivity contribution in [2.45, 2.75) is 13.0 Å². The first-order chi connectivity index (χ1) is 16.3. The van der Waals surface area contributed by atoms with Crippen LogP contribution in [-0.4, -0.2) is 28.3 Å². The number of amides is 1. The number of benzene rings is 3. The monoisotopic (exact) mass is 478 g/mol. The topological polar surface area (TPSA) is 110 Å². The van der Waals surface area contributed by atoms with Gasteiger partial charge >= 0.3 is 0 Å². The minimum Gasteiger partial charge on any atom is -0.507 e. The van der Waals surface area contributed by atoms with Crippen molar-refractivity contribution < 1.29 is 24.4 Å². The van der Waals surface area contributed by atoms with E-state index in [1.54, 1.807) is 48.5 Å². The summed E-state index contributed by atoms with van der Waals surface area (Å²) in [6, 6.07) is 17.5. The number of non-ortho nitro benzene ring substituents is 1. The molecule has 1 N–H and O–H groups in total. The fourth-order valence-corrected chi connectivity index (χ4v) is 4.06. The highest BCUT2D eigenvalue weighted by Gasteiger charge is 2.47. The van der Waals surface area contributed by atoms with Crippen LogP contribution in [0.1, 0.15) is 24.1 Å². The minimum atomic E-state index is -0.992. The van der Waals surface area contributed by atoms with Crippen LogP contribution < -0.4 is 9.64 Å². The molecule has 1 amide bonds. The van der Waals surface area contributed by atoms with E-state index in [1.807, 2.05) is 6.92 Å². The Hall–Kier alpha value is -4.17. The maximum absolute atomic E-state index is 13.2. The molecule has 34 heavy (non-hydrogen) atoms. The van der Waals surface area contributed by atoms with Crippen LogP contribution in [0.5, 0.6) is 5.75 Å². The quantitative estimate of drug-likeness (QED) is 0.170. The summed E-state index contributed by atoms with van der Waals surface area (Å²) >= 11 is 6.13. The largest absolute Gasteiger partial charge is 0.507 e. The molecular weight excluding hydrogens is 460 g/mol. The Balaban J connectivity index is 1.92. The van der Waals surface area contributed by atoms with E-state index in [-0.39, 0.29) is 16.8 Å². The Morgan fingerprint density at radius 3 is 2.44 bits per heavy atom. The number of carbonyl (C=O) groups is 2. The summed E-state index contributed by atoms with van der Waals surface area (Å²) in [7, 11) is 0. The second-order valence-corrected chi connectivity index (χ2v) is 7.89. The van der Waals surface area contributed by atoms with Crippen molar-refractivity contribution in [2.24, 2.45) is 0 Å². The molecule has 0 aliphatic carbocycles. The van der Waals surface area contributed by atoms with Crippen LogP contribution in [0, 0.1) is 10.1 Å². The fraction of sp³-hybridized carbons (Fsp3) is 0.120. The molecule has 8 nitrogen and oxygen atoms in total. The van der Waals surface area contributed by atoms with Crippen LogP contribution in [0.3, 0.4) is 0 Å². The van der Waals surface area contributed by atoms with Crippen molar-refractivity contribution in [3.05, 3.63) is 105 Å². The number of hydrogen-bond acceptors (Lipinski definition) is 6. The van der Waals surface area contributed by atoms with Gasteiger partial charge in [0.15, 0.2) is 0 Å². The number of aliphatic hydroxyl groups is 1. The first-order valence-corrected chi connectivity index (χ1v) is 10.7. The number of carbonyl (C=O) groups excluding carboxylic acids is 2. The first kappa shape index (κ1) is 23.0. The van der Waals surface area contributed by atoms with Gasteiger partial charge in [0.25, 0.3) is 17.4 Å². The molecule has 3 aromatic rings. The van der Waals surface area contributed by atoms with E-state index in [0.29, 0.717) is 28.6 Å². The van der Waals surface area contributed by atoms with Gasteiger partial charge in [-0.25, -0.2) is 0 Å². The van der Waals surface area contributed by atoms with Gasteiger partial charge in [-0.1, -0.05) is 41.9 Å². The lowest BCUT2D eigenvalue weighted by atomic mass is 9.95. The predicted octanol–water partition coefficient (Wildman–Crippen LogP) is 5.27. The molecule has 1 aliphatic heterocycles. The Morgan fingerprint density at radius 1 is 1.09 bits per heavy atom. The lowest BCUT2D eigenvalue weighted by Crippen LogP contribution is -2.29. The zero-order valence-electron chi connectivity index (χ0n) is 18.0. The van der Waals surface area contributed by atoms with Gasteiger partial charge in [0.05, 0.1) is 23.1 Å². The van der Waals surface area contributed by atoms with Gasteiger partial charge in [0.1, 0.15) is 11.5 Å². The van der Waals surface area contributed by atoms with Crippen LogP contribution in [0.25, 0.3) is 5.76 Å². The average molecular weight is 479 g/mol. The molecule has 0 saturated carbocycles. The second kappa shape index (κ2) is 9.36. The number of nitrogens with zero attached hydrogens (tertiary/aromatic N) is 2. The third-order valence-corrected chi connectivity index (χ3v) is 5.60. The second-order valence-electron chi connectivity index (χ2n) is 7.46. The highest BCUT2D eigenvalue weighted by Crippen LogP contribution is 2.43. The van der Waals surface area contributed by atoms with Gasteiger partial charge in [0, 0.05) is 28.4 Å². The van der Waals surface area contributed by atoms with E-state index in [9.17, 15) is 24.8 Å². The zero-order chi connectivity index (χ0) is 24.4. The molecule has 1 heterocycles. The molecule has 0 aromatic heterocycles. The van der Waals surface area contributed by atoms with Gasteiger partial charge in [0.2, 0.25) is 0 Å². The SMILES string of the molecule is CCOc1ccc(C2/C(=C(/O)c3cccc([N+](=O)[O-])c3)C(=O)C(=O)N2c2cccc(Cl)c2)cc1. The van der Waals surface area contributed by atoms with Crippen molar-refractivity contribution in [1.82, 2.24) is 0 Å². The number of Topliss-reactive ketones (excluding diaryl/α,β-unsaturated/α-hetero) is 1. The molecule has 1 aliphatic rings. The molecule has 0 bridgehead atoms. The number of halogens is 1. The lowest BCUT2D eigenvalue weighted by Gasteiger charge is -2.25. The van der Waals surface area contributed by atoms with Gasteiger partial charge in [-0.3, -0.25) is 24.6 Å². The summed E-state index contributed by atoms with van der Waals surface area (Å²) in [6.45, 7) is 2.31. The zero-order valence-corrected chi connectivity index (χ0v) is 18.7. The molecule has 1 fully saturated rings. The van der Waals surface area contributed by atoms with Gasteiger partial charge in [-0.05, 0) is 42.8 Å². The third-order valence-electron chi connectivity index (χ3n) is 5.37. The van der Waals surface area contributed by atoms with Crippen LogP contribution in [-0.2, 0) is 9.59 Å². The van der Waals surface area contributed by atoms with E-state index < -0.39 is 28.4 Å². The summed E-state index contributed by atoms with van der Waals surface area (Å²) in [4.78, 5) is 38.2. The maximum atomic E-state index is 13.2. The lowest BCUT2D eigenvalue weighted by molar-refractivity contribution is -0.384. The molecule has 0 radical (unpaired) electrons. The standard InChI is InChI=1S/C25H19ClN2O6/c1-2-34-20-11-9-15(10-12-20)22-21(23(29)16-5-3-8-19(13-16)28(32)33)24(30)25(31)27(22)18-7-4-6-17(26)14-18/h3-14,22,29H,2H2,1H3/b23-21-. The molecule has 4 rings (SSSR count). The third kappa shape index (κ3) is 4.23. The summed E-state index contributed by atoms with van der Waals surface area (Å²) in [5.41, 5.74) is 0.510. The number of rotatable bonds is 6. The van der Waals surface area contributed by atoms with E-state index in [0.717, 1.165) is 6.07 Å². The summed E-state index contributed by atoms with van der Waals surface area (Å²) in [5, 5.41) is 22.7. The predicted molar refractivity (Wildman–Crippen MR) is 127 cm³/mol. The molecule has 0 spiro atoms. The molecule has 1 saturated heterocycles. The Kier molecular flexibility index (Phi) is 6.34. The number of anilines is 1. The van der Waals surface area contributed by atoms with Crippen molar-refractivity contribution in [3.63, 3.8) is 0 Å². The molecular formula is C25H19ClN2O6. The van der Waals surface area contributed by atoms with Gasteiger partial charge in [-0.15, -0.1) is 0 Å². The molecule has 1 unspecified atom stereocenters. The number of ether oxygens (including phenoxy) is 1. The molecule has 3 aromatic carbocycles. The van der Waals surface area contributed by atoms with Crippen molar-refractivity contribution in [1.29, 1.82) is 0 Å². The van der Waals surface area contributed by atoms with Gasteiger partial charge in [-0.2, -0.15) is 0 Å². The highest BCUT2D eigenvalue weighted by atomic mass is 35.5. The number of nitro benzene ring substituents is 1. The molecule has 172 valence electrons. The van der Waals surface area contributed by atoms with Crippen molar-refractivity contribution in [3.8, 4) is 5.75 Å². The Bertz CT molecular complexity index is 1320. The summed E-state index contributed by atoms with van der Waals surface area (Å²) in [5.74, 6) is -1.67. The number of aliphatic hydroxyl groups excluding tert-OH is 1. The Morgan fingerprint density at radius 2 is 1.79 bits per heavy atom. The number of nitro groups is 1. The van der Waals surface area contributed by atoms with E-state index in [1.165, 1.54) is 23.1 Å². The van der Waals surface area contributed by atoms with Crippen LogP contribution in [0.2, 0.25) is 5.02 Å². The van der Waals surface area contributed by atoms with Crippen molar-refractivity contribution in [2.75, 3.05) is 11.5 Å². The van der Waals surface area contributed by atoms with Crippen molar-refractivity contribution >= 4 is 40.4 Å². The normalized spacial score (nSPS) is 17.1. The molecule has 1 atom stereocenters. The molecule has 9 heteroatoms. The first-order valence-electron chi connectivity index (χ1n) is 10.4. The fourth-order valence-electron chi connectivity index (χ4n) is 3.88. The Labute approximate surface area is 199 Å².